The Morgan fingerprint density at radius 2 is 2.25 bits per heavy atom. The fourth-order valence-corrected chi connectivity index (χ4v) is 2.20. The highest BCUT2D eigenvalue weighted by molar-refractivity contribution is 4.95. The van der Waals surface area contributed by atoms with Crippen LogP contribution in [0.15, 0.2) is 0 Å². The Bertz CT molecular complexity index is 332. The molecule has 0 saturated carbocycles. The minimum atomic E-state index is -0.0409. The first-order valence-electron chi connectivity index (χ1n) is 5.98. The quantitative estimate of drug-likeness (QED) is 0.809. The largest absolute Gasteiger partial charge is 0.388 e. The van der Waals surface area contributed by atoms with Crippen LogP contribution in [0.25, 0.3) is 0 Å². The monoisotopic (exact) mass is 225 g/mol. The van der Waals surface area contributed by atoms with Crippen LogP contribution >= 0.6 is 0 Å². The maximum Gasteiger partial charge on any atom is 0.158 e. The predicted molar refractivity (Wildman–Crippen MR) is 58.9 cm³/mol. The second-order valence-electron chi connectivity index (χ2n) is 4.11. The average molecular weight is 225 g/mol. The lowest BCUT2D eigenvalue weighted by molar-refractivity contribution is 0.104. The second-order valence-corrected chi connectivity index (χ2v) is 4.11. The summed E-state index contributed by atoms with van der Waals surface area (Å²) in [5.41, 5.74) is 0. The van der Waals surface area contributed by atoms with Gasteiger partial charge in [0.2, 0.25) is 0 Å². The van der Waals surface area contributed by atoms with Crippen molar-refractivity contribution in [3.63, 3.8) is 0 Å². The van der Waals surface area contributed by atoms with Gasteiger partial charge in [-0.3, -0.25) is 0 Å². The van der Waals surface area contributed by atoms with Gasteiger partial charge in [0.05, 0.1) is 6.10 Å². The van der Waals surface area contributed by atoms with Crippen molar-refractivity contribution in [1.82, 2.24) is 14.8 Å². The molecule has 1 saturated heterocycles. The molecule has 5 nitrogen and oxygen atoms in total. The first-order chi connectivity index (χ1) is 7.85. The van der Waals surface area contributed by atoms with E-state index in [0.717, 1.165) is 38.2 Å². The van der Waals surface area contributed by atoms with Gasteiger partial charge in [0.25, 0.3) is 0 Å². The molecular formula is C11H19N3O2. The van der Waals surface area contributed by atoms with Crippen LogP contribution in [0.4, 0.5) is 0 Å². The SMILES string of the molecule is CCn1c(CO)nnc1CCC1CCCO1. The molecule has 0 aromatic carbocycles. The molecule has 1 aliphatic heterocycles. The van der Waals surface area contributed by atoms with Crippen molar-refractivity contribution < 1.29 is 9.84 Å². The van der Waals surface area contributed by atoms with Crippen molar-refractivity contribution in [3.8, 4) is 0 Å². The summed E-state index contributed by atoms with van der Waals surface area (Å²) >= 11 is 0. The molecule has 0 spiro atoms. The Labute approximate surface area is 95.4 Å². The summed E-state index contributed by atoms with van der Waals surface area (Å²) in [7, 11) is 0. The minimum Gasteiger partial charge on any atom is -0.388 e. The summed E-state index contributed by atoms with van der Waals surface area (Å²) in [5.74, 6) is 1.62. The van der Waals surface area contributed by atoms with Crippen LogP contribution in [-0.2, 0) is 24.3 Å². The average Bonchev–Trinajstić information content (AvgIpc) is 2.94. The molecule has 2 rings (SSSR count). The fraction of sp³-hybridized carbons (Fsp3) is 0.818. The van der Waals surface area contributed by atoms with E-state index in [0.29, 0.717) is 11.9 Å². The van der Waals surface area contributed by atoms with E-state index in [4.69, 9.17) is 9.84 Å². The van der Waals surface area contributed by atoms with Gasteiger partial charge in [0.1, 0.15) is 12.4 Å². The van der Waals surface area contributed by atoms with E-state index in [1.54, 1.807) is 0 Å². The van der Waals surface area contributed by atoms with Crippen LogP contribution in [-0.4, -0.2) is 32.6 Å². The third-order valence-electron chi connectivity index (χ3n) is 3.08. The smallest absolute Gasteiger partial charge is 0.158 e. The number of aryl methyl sites for hydroxylation is 1. The minimum absolute atomic E-state index is 0.0409. The molecule has 16 heavy (non-hydrogen) atoms. The van der Waals surface area contributed by atoms with Crippen molar-refractivity contribution in [2.24, 2.45) is 0 Å². The number of ether oxygens (including phenoxy) is 1. The molecule has 2 heterocycles. The molecule has 0 aliphatic carbocycles. The number of nitrogens with zero attached hydrogens (tertiary/aromatic N) is 3. The van der Waals surface area contributed by atoms with E-state index in [9.17, 15) is 0 Å². The number of aliphatic hydroxyl groups is 1. The van der Waals surface area contributed by atoms with E-state index >= 15 is 0 Å². The van der Waals surface area contributed by atoms with Gasteiger partial charge in [-0.2, -0.15) is 0 Å². The Morgan fingerprint density at radius 1 is 1.44 bits per heavy atom. The first kappa shape index (κ1) is 11.5. The highest BCUT2D eigenvalue weighted by Gasteiger charge is 2.17. The van der Waals surface area contributed by atoms with Crippen molar-refractivity contribution in [2.75, 3.05) is 6.61 Å². The summed E-state index contributed by atoms with van der Waals surface area (Å²) in [6, 6.07) is 0. The molecule has 1 atom stereocenters. The van der Waals surface area contributed by atoms with E-state index in [1.165, 1.54) is 6.42 Å². The molecule has 1 aliphatic rings. The van der Waals surface area contributed by atoms with E-state index < -0.39 is 0 Å². The Balaban J connectivity index is 1.94. The van der Waals surface area contributed by atoms with Crippen LogP contribution < -0.4 is 0 Å². The van der Waals surface area contributed by atoms with Crippen molar-refractivity contribution in [2.45, 2.75) is 51.9 Å². The normalized spacial score (nSPS) is 20.5. The Kier molecular flexibility index (Phi) is 3.90. The zero-order valence-corrected chi connectivity index (χ0v) is 9.72. The maximum atomic E-state index is 9.09. The highest BCUT2D eigenvalue weighted by atomic mass is 16.5. The van der Waals surface area contributed by atoms with Crippen LogP contribution in [0.5, 0.6) is 0 Å². The van der Waals surface area contributed by atoms with Crippen molar-refractivity contribution >= 4 is 0 Å². The maximum absolute atomic E-state index is 9.09. The standard InChI is InChI=1S/C11H19N3O2/c1-2-14-10(12-13-11(14)8-15)6-5-9-4-3-7-16-9/h9,15H,2-8H2,1H3. The van der Waals surface area contributed by atoms with Crippen LogP contribution in [0.2, 0.25) is 0 Å². The molecule has 1 fully saturated rings. The number of aromatic nitrogens is 3. The van der Waals surface area contributed by atoms with Crippen LogP contribution in [0.3, 0.4) is 0 Å². The molecule has 5 heteroatoms. The third-order valence-corrected chi connectivity index (χ3v) is 3.08. The van der Waals surface area contributed by atoms with Gasteiger partial charge in [-0.15, -0.1) is 10.2 Å². The van der Waals surface area contributed by atoms with Gasteiger partial charge in [0.15, 0.2) is 5.82 Å². The van der Waals surface area contributed by atoms with E-state index in [1.807, 2.05) is 11.5 Å². The van der Waals surface area contributed by atoms with Gasteiger partial charge in [-0.25, -0.2) is 0 Å². The summed E-state index contributed by atoms with van der Waals surface area (Å²) in [5, 5.41) is 17.2. The first-order valence-corrected chi connectivity index (χ1v) is 5.98. The molecule has 0 amide bonds. The number of hydrogen-bond acceptors (Lipinski definition) is 4. The number of hydrogen-bond donors (Lipinski definition) is 1. The van der Waals surface area contributed by atoms with Gasteiger partial charge in [0, 0.05) is 19.6 Å². The molecule has 1 N–H and O–H groups in total. The number of aliphatic hydroxyl groups excluding tert-OH is 1. The lowest BCUT2D eigenvalue weighted by atomic mass is 10.1. The third kappa shape index (κ3) is 2.41. The highest BCUT2D eigenvalue weighted by Crippen LogP contribution is 2.17. The zero-order valence-electron chi connectivity index (χ0n) is 9.72. The summed E-state index contributed by atoms with van der Waals surface area (Å²) in [6.45, 7) is 3.70. The molecule has 1 aromatic rings. The van der Waals surface area contributed by atoms with Crippen molar-refractivity contribution in [3.05, 3.63) is 11.6 Å². The Hall–Kier alpha value is -0.940. The Morgan fingerprint density at radius 3 is 2.88 bits per heavy atom. The summed E-state index contributed by atoms with van der Waals surface area (Å²) in [6.07, 6.45) is 4.61. The van der Waals surface area contributed by atoms with Crippen LogP contribution in [0, 0.1) is 0 Å². The van der Waals surface area contributed by atoms with Gasteiger partial charge in [-0.05, 0) is 26.2 Å². The summed E-state index contributed by atoms with van der Waals surface area (Å²) in [4.78, 5) is 0. The van der Waals surface area contributed by atoms with Gasteiger partial charge < -0.3 is 14.4 Å². The molecule has 1 aromatic heterocycles. The molecule has 90 valence electrons. The lowest BCUT2D eigenvalue weighted by Crippen LogP contribution is -2.11. The number of rotatable bonds is 5. The summed E-state index contributed by atoms with van der Waals surface area (Å²) < 4.78 is 7.56. The van der Waals surface area contributed by atoms with Gasteiger partial charge in [-0.1, -0.05) is 0 Å². The zero-order chi connectivity index (χ0) is 11.4. The topological polar surface area (TPSA) is 60.2 Å². The fourth-order valence-electron chi connectivity index (χ4n) is 2.20. The van der Waals surface area contributed by atoms with E-state index in [-0.39, 0.29) is 6.61 Å². The molecule has 0 bridgehead atoms. The molecule has 0 radical (unpaired) electrons. The van der Waals surface area contributed by atoms with Gasteiger partial charge >= 0.3 is 0 Å². The molecule has 1 unspecified atom stereocenters. The van der Waals surface area contributed by atoms with Crippen LogP contribution in [0.1, 0.15) is 37.8 Å². The van der Waals surface area contributed by atoms with Crippen molar-refractivity contribution in [1.29, 1.82) is 0 Å². The lowest BCUT2D eigenvalue weighted by Gasteiger charge is -2.09. The molecular weight excluding hydrogens is 206 g/mol. The van der Waals surface area contributed by atoms with E-state index in [2.05, 4.69) is 10.2 Å². The second kappa shape index (κ2) is 5.41. The predicted octanol–water partition coefficient (Wildman–Crippen LogP) is 0.902.